The summed E-state index contributed by atoms with van der Waals surface area (Å²) in [6.07, 6.45) is 0. The summed E-state index contributed by atoms with van der Waals surface area (Å²) in [7, 11) is 4.33. The number of benzene rings is 2. The summed E-state index contributed by atoms with van der Waals surface area (Å²) in [5, 5.41) is 7.22. The van der Waals surface area contributed by atoms with Crippen molar-refractivity contribution in [2.24, 2.45) is 0 Å². The Morgan fingerprint density at radius 1 is 1.00 bits per heavy atom. The fourth-order valence-electron chi connectivity index (χ4n) is 2.59. The molecule has 24 heavy (non-hydrogen) atoms. The van der Waals surface area contributed by atoms with Gasteiger partial charge in [-0.15, -0.1) is 0 Å². The van der Waals surface area contributed by atoms with E-state index < -0.39 is 0 Å². The van der Waals surface area contributed by atoms with Crippen molar-refractivity contribution in [2.75, 3.05) is 19.4 Å². The van der Waals surface area contributed by atoms with Gasteiger partial charge in [0.2, 0.25) is 0 Å². The van der Waals surface area contributed by atoms with Gasteiger partial charge in [-0.05, 0) is 41.4 Å². The molecule has 0 spiro atoms. The molecule has 0 bridgehead atoms. The maximum absolute atomic E-state index is 5.42. The van der Waals surface area contributed by atoms with E-state index >= 15 is 0 Å². The maximum atomic E-state index is 5.42. The van der Waals surface area contributed by atoms with Gasteiger partial charge in [0, 0.05) is 17.8 Å². The quantitative estimate of drug-likeness (QED) is 0.705. The Hall–Kier alpha value is -1.91. The number of hydrogen-bond donors (Lipinski definition) is 3. The van der Waals surface area contributed by atoms with E-state index in [1.807, 2.05) is 0 Å². The minimum absolute atomic E-state index is 0.541. The van der Waals surface area contributed by atoms with Gasteiger partial charge < -0.3 is 15.5 Å². The molecular weight excluding hydrogens is 314 g/mol. The second kappa shape index (κ2) is 8.81. The van der Waals surface area contributed by atoms with Crippen LogP contribution in [-0.4, -0.2) is 19.2 Å². The molecule has 0 atom stereocenters. The number of thiocarbonyl (C=S) groups is 1. The Balaban J connectivity index is 1.91. The van der Waals surface area contributed by atoms with Crippen molar-refractivity contribution in [3.05, 3.63) is 65.2 Å². The molecule has 0 aliphatic carbocycles. The van der Waals surface area contributed by atoms with Gasteiger partial charge in [0.05, 0.1) is 14.1 Å². The van der Waals surface area contributed by atoms with Crippen LogP contribution in [-0.2, 0) is 13.1 Å². The third-order valence-corrected chi connectivity index (χ3v) is 4.18. The first-order chi connectivity index (χ1) is 11.5. The molecule has 4 heteroatoms. The Kier molecular flexibility index (Phi) is 6.76. The lowest BCUT2D eigenvalue weighted by Crippen LogP contribution is -3.04. The van der Waals surface area contributed by atoms with E-state index in [9.17, 15) is 0 Å². The molecule has 0 radical (unpaired) electrons. The van der Waals surface area contributed by atoms with Crippen molar-refractivity contribution in [1.82, 2.24) is 5.32 Å². The van der Waals surface area contributed by atoms with Crippen molar-refractivity contribution in [2.45, 2.75) is 32.9 Å². The van der Waals surface area contributed by atoms with Crippen LogP contribution in [0.25, 0.3) is 0 Å². The standard InChI is InChI=1S/C20H27N3S/c1-15(2)16-9-11-19(12-10-16)22-20(24)21-13-17-7-5-6-8-18(17)14-23(3)4/h5-12,15H,13-14H2,1-4H3,(H2,21,22,24)/p+1. The zero-order valence-corrected chi connectivity index (χ0v) is 15.8. The lowest BCUT2D eigenvalue weighted by molar-refractivity contribution is -0.872. The van der Waals surface area contributed by atoms with Gasteiger partial charge in [-0.3, -0.25) is 0 Å². The summed E-state index contributed by atoms with van der Waals surface area (Å²) in [6.45, 7) is 6.14. The zero-order valence-electron chi connectivity index (χ0n) is 15.0. The van der Waals surface area contributed by atoms with Crippen LogP contribution in [0.1, 0.15) is 36.5 Å². The summed E-state index contributed by atoms with van der Waals surface area (Å²) in [6, 6.07) is 17.0. The van der Waals surface area contributed by atoms with E-state index in [1.54, 1.807) is 0 Å². The van der Waals surface area contributed by atoms with Gasteiger partial charge in [-0.1, -0.05) is 50.2 Å². The molecular formula is C20H28N3S+. The monoisotopic (exact) mass is 342 g/mol. The molecule has 0 heterocycles. The third-order valence-electron chi connectivity index (χ3n) is 3.94. The summed E-state index contributed by atoms with van der Waals surface area (Å²) in [4.78, 5) is 1.41. The highest BCUT2D eigenvalue weighted by atomic mass is 32.1. The van der Waals surface area contributed by atoms with E-state index in [1.165, 1.54) is 21.6 Å². The highest BCUT2D eigenvalue weighted by molar-refractivity contribution is 7.80. The van der Waals surface area contributed by atoms with Crippen LogP contribution in [0.4, 0.5) is 5.69 Å². The summed E-state index contributed by atoms with van der Waals surface area (Å²) in [5.74, 6) is 0.541. The predicted octanol–water partition coefficient (Wildman–Crippen LogP) is 2.94. The largest absolute Gasteiger partial charge is 0.358 e. The highest BCUT2D eigenvalue weighted by Crippen LogP contribution is 2.17. The van der Waals surface area contributed by atoms with Crippen LogP contribution in [0.3, 0.4) is 0 Å². The zero-order chi connectivity index (χ0) is 17.5. The molecule has 0 aliphatic rings. The summed E-state index contributed by atoms with van der Waals surface area (Å²) in [5.41, 5.74) is 4.99. The van der Waals surface area contributed by atoms with E-state index in [0.717, 1.165) is 18.8 Å². The van der Waals surface area contributed by atoms with Crippen molar-refractivity contribution >= 4 is 23.0 Å². The average molecular weight is 343 g/mol. The highest BCUT2D eigenvalue weighted by Gasteiger charge is 2.06. The van der Waals surface area contributed by atoms with Crippen molar-refractivity contribution in [3.8, 4) is 0 Å². The first-order valence-corrected chi connectivity index (χ1v) is 8.87. The molecule has 3 nitrogen and oxygen atoms in total. The normalized spacial score (nSPS) is 10.9. The lowest BCUT2D eigenvalue weighted by Gasteiger charge is -2.15. The minimum atomic E-state index is 0.541. The van der Waals surface area contributed by atoms with Gasteiger partial charge in [0.1, 0.15) is 6.54 Å². The molecule has 0 saturated carbocycles. The number of rotatable bonds is 6. The molecule has 0 fully saturated rings. The summed E-state index contributed by atoms with van der Waals surface area (Å²) < 4.78 is 0. The van der Waals surface area contributed by atoms with Crippen LogP contribution in [0.5, 0.6) is 0 Å². The molecule has 0 aromatic heterocycles. The average Bonchev–Trinajstić information content (AvgIpc) is 2.54. The van der Waals surface area contributed by atoms with Crippen LogP contribution >= 0.6 is 12.2 Å². The Bertz CT molecular complexity index is 663. The van der Waals surface area contributed by atoms with E-state index in [0.29, 0.717) is 11.0 Å². The van der Waals surface area contributed by atoms with Crippen LogP contribution < -0.4 is 15.5 Å². The van der Waals surface area contributed by atoms with E-state index in [-0.39, 0.29) is 0 Å². The predicted molar refractivity (Wildman–Crippen MR) is 107 cm³/mol. The smallest absolute Gasteiger partial charge is 0.171 e. The first kappa shape index (κ1) is 18.4. The second-order valence-corrected chi connectivity index (χ2v) is 7.15. The fourth-order valence-corrected chi connectivity index (χ4v) is 2.78. The van der Waals surface area contributed by atoms with Crippen molar-refractivity contribution in [3.63, 3.8) is 0 Å². The lowest BCUT2D eigenvalue weighted by atomic mass is 10.0. The Morgan fingerprint density at radius 2 is 1.62 bits per heavy atom. The Labute approximate surface area is 151 Å². The molecule has 2 aromatic rings. The van der Waals surface area contributed by atoms with Crippen LogP contribution in [0.2, 0.25) is 0 Å². The molecule has 0 saturated heterocycles. The van der Waals surface area contributed by atoms with Gasteiger partial charge in [0.25, 0.3) is 0 Å². The minimum Gasteiger partial charge on any atom is -0.358 e. The third kappa shape index (κ3) is 5.62. The number of hydrogen-bond acceptors (Lipinski definition) is 1. The number of quaternary nitrogens is 1. The number of anilines is 1. The van der Waals surface area contributed by atoms with Crippen molar-refractivity contribution < 1.29 is 4.90 Å². The van der Waals surface area contributed by atoms with Gasteiger partial charge in [-0.2, -0.15) is 0 Å². The maximum Gasteiger partial charge on any atom is 0.171 e. The fraction of sp³-hybridized carbons (Fsp3) is 0.350. The molecule has 2 rings (SSSR count). The molecule has 2 aromatic carbocycles. The van der Waals surface area contributed by atoms with Crippen LogP contribution in [0.15, 0.2) is 48.5 Å². The van der Waals surface area contributed by atoms with E-state index in [2.05, 4.69) is 87.1 Å². The second-order valence-electron chi connectivity index (χ2n) is 6.74. The van der Waals surface area contributed by atoms with Crippen molar-refractivity contribution in [1.29, 1.82) is 0 Å². The SMILES string of the molecule is CC(C)c1ccc(NC(=S)NCc2ccccc2C[NH+](C)C)cc1. The van der Waals surface area contributed by atoms with E-state index in [4.69, 9.17) is 12.2 Å². The topological polar surface area (TPSA) is 28.5 Å². The van der Waals surface area contributed by atoms with Crippen LogP contribution in [0, 0.1) is 0 Å². The number of nitrogens with one attached hydrogen (secondary N) is 3. The molecule has 0 unspecified atom stereocenters. The van der Waals surface area contributed by atoms with Gasteiger partial charge in [0.15, 0.2) is 5.11 Å². The first-order valence-electron chi connectivity index (χ1n) is 8.46. The molecule has 0 aliphatic heterocycles. The summed E-state index contributed by atoms with van der Waals surface area (Å²) >= 11 is 5.42. The Morgan fingerprint density at radius 3 is 2.21 bits per heavy atom. The molecule has 0 amide bonds. The molecule has 3 N–H and O–H groups in total. The van der Waals surface area contributed by atoms with Gasteiger partial charge in [-0.25, -0.2) is 0 Å². The van der Waals surface area contributed by atoms with Gasteiger partial charge >= 0.3 is 0 Å². The molecule has 128 valence electrons.